The monoisotopic (exact) mass is 650 g/mol. The molecule has 6 rings (SSSR count). The molecule has 5 aromatic rings. The fraction of sp³-hybridized carbons (Fsp3) is 0.206. The van der Waals surface area contributed by atoms with Crippen molar-refractivity contribution in [3.63, 3.8) is 0 Å². The summed E-state index contributed by atoms with van der Waals surface area (Å²) >= 11 is 0. The predicted octanol–water partition coefficient (Wildman–Crippen LogP) is 2.73. The third-order valence-corrected chi connectivity index (χ3v) is 7.78. The number of carbonyl (C=O) groups excluding carboxylic acids is 4. The smallest absolute Gasteiger partial charge is 0.328 e. The minimum atomic E-state index is -1.28. The molecular weight excluding hydrogens is 620 g/mol. The number of benzene rings is 3. The molecule has 0 radical (unpaired) electrons. The van der Waals surface area contributed by atoms with E-state index < -0.39 is 36.0 Å². The van der Waals surface area contributed by atoms with Crippen LogP contribution in [0.4, 0.5) is 5.69 Å². The van der Waals surface area contributed by atoms with Crippen LogP contribution in [0.3, 0.4) is 0 Å². The summed E-state index contributed by atoms with van der Waals surface area (Å²) in [5, 5.41) is 21.4. The molecule has 244 valence electrons. The van der Waals surface area contributed by atoms with Gasteiger partial charge in [0, 0.05) is 34.6 Å². The number of ether oxygens (including phenoxy) is 2. The summed E-state index contributed by atoms with van der Waals surface area (Å²) in [5.74, 6) is -2.36. The minimum Gasteiger partial charge on any atom is -0.508 e. The van der Waals surface area contributed by atoms with Crippen molar-refractivity contribution >= 4 is 46.1 Å². The normalized spacial score (nSPS) is 14.9. The second-order valence-corrected chi connectivity index (χ2v) is 10.9. The number of anilines is 1. The van der Waals surface area contributed by atoms with E-state index in [1.807, 2.05) is 42.5 Å². The highest BCUT2D eigenvalue weighted by atomic mass is 16.5. The lowest BCUT2D eigenvalue weighted by Crippen LogP contribution is -2.43. The molecule has 0 saturated carbocycles. The molecule has 14 heteroatoms. The van der Waals surface area contributed by atoms with E-state index in [9.17, 15) is 24.3 Å². The molecule has 0 fully saturated rings. The third kappa shape index (κ3) is 6.49. The molecule has 0 saturated heterocycles. The fourth-order valence-electron chi connectivity index (χ4n) is 5.47. The highest BCUT2D eigenvalue weighted by molar-refractivity contribution is 6.20. The van der Waals surface area contributed by atoms with Gasteiger partial charge in [0.25, 0.3) is 5.91 Å². The molecule has 14 nitrogen and oxygen atoms in total. The number of phenols is 1. The fourth-order valence-corrected chi connectivity index (χ4v) is 5.47. The van der Waals surface area contributed by atoms with Crippen molar-refractivity contribution in [1.82, 2.24) is 20.3 Å². The maximum Gasteiger partial charge on any atom is 0.328 e. The van der Waals surface area contributed by atoms with Crippen molar-refractivity contribution in [2.45, 2.75) is 25.0 Å². The second-order valence-electron chi connectivity index (χ2n) is 10.9. The standard InChI is InChI=1S/C34H30N6O8/c1-46-30(43)18-39-27-11-7-6-10-25(27)31(20-8-4-3-5-9-20)36-32(33(39)44)40-17-22(37-38-40)15-26(34(45)47-2)35-29(42)14-21-19-48-28-16-23(41)12-13-24(21)28/h3-13,16-17,19,26,32,41H,14-15,18H2,1-2H3,(H,35,42)/t26-,32?/m1/s1. The number of furan rings is 1. The lowest BCUT2D eigenvalue weighted by Gasteiger charge is -2.23. The Hall–Kier alpha value is -6.31. The first-order valence-corrected chi connectivity index (χ1v) is 14.8. The van der Waals surface area contributed by atoms with E-state index in [0.29, 0.717) is 33.5 Å². The maximum atomic E-state index is 14.1. The van der Waals surface area contributed by atoms with Crippen molar-refractivity contribution < 1.29 is 38.2 Å². The topological polar surface area (TPSA) is 178 Å². The Morgan fingerprint density at radius 1 is 1.02 bits per heavy atom. The number of esters is 2. The van der Waals surface area contributed by atoms with Gasteiger partial charge in [-0.15, -0.1) is 5.10 Å². The zero-order chi connectivity index (χ0) is 33.8. The van der Waals surface area contributed by atoms with Gasteiger partial charge in [-0.1, -0.05) is 53.7 Å². The predicted molar refractivity (Wildman–Crippen MR) is 171 cm³/mol. The number of fused-ring (bicyclic) bond motifs is 2. The first-order valence-electron chi connectivity index (χ1n) is 14.8. The Morgan fingerprint density at radius 3 is 2.56 bits per heavy atom. The molecule has 1 aliphatic rings. The molecule has 2 N–H and O–H groups in total. The average Bonchev–Trinajstić information content (AvgIpc) is 3.70. The third-order valence-electron chi connectivity index (χ3n) is 7.78. The number of benzodiazepines with no additional fused rings is 1. The van der Waals surface area contributed by atoms with Crippen LogP contribution in [0.25, 0.3) is 11.0 Å². The highest BCUT2D eigenvalue weighted by Gasteiger charge is 2.35. The van der Waals surface area contributed by atoms with E-state index in [0.717, 1.165) is 5.56 Å². The summed E-state index contributed by atoms with van der Waals surface area (Å²) in [5.41, 5.74) is 3.56. The highest BCUT2D eigenvalue weighted by Crippen LogP contribution is 2.31. The number of carbonyl (C=O) groups is 4. The van der Waals surface area contributed by atoms with Gasteiger partial charge in [0.05, 0.1) is 50.2 Å². The number of rotatable bonds is 10. The Bertz CT molecular complexity index is 2040. The van der Waals surface area contributed by atoms with Crippen LogP contribution in [0, 0.1) is 0 Å². The van der Waals surface area contributed by atoms with E-state index in [2.05, 4.69) is 15.6 Å². The number of methoxy groups -OCH3 is 2. The molecule has 0 spiro atoms. The number of nitrogens with zero attached hydrogens (tertiary/aromatic N) is 5. The van der Waals surface area contributed by atoms with Gasteiger partial charge in [0.1, 0.15) is 23.9 Å². The van der Waals surface area contributed by atoms with Crippen molar-refractivity contribution in [3.05, 3.63) is 108 Å². The zero-order valence-electron chi connectivity index (χ0n) is 25.9. The molecule has 0 aliphatic carbocycles. The van der Waals surface area contributed by atoms with Crippen LogP contribution in [-0.4, -0.2) is 76.4 Å². The summed E-state index contributed by atoms with van der Waals surface area (Å²) in [6.45, 7) is -0.369. The number of aromatic nitrogens is 3. The van der Waals surface area contributed by atoms with E-state index >= 15 is 0 Å². The molecule has 1 unspecified atom stereocenters. The van der Waals surface area contributed by atoms with Gasteiger partial charge in [0.15, 0.2) is 0 Å². The number of para-hydroxylation sites is 1. The summed E-state index contributed by atoms with van der Waals surface area (Å²) in [6.07, 6.45) is 1.37. The quantitative estimate of drug-likeness (QED) is 0.214. The minimum absolute atomic E-state index is 0.0277. The van der Waals surface area contributed by atoms with E-state index in [1.54, 1.807) is 18.2 Å². The van der Waals surface area contributed by atoms with E-state index in [4.69, 9.17) is 18.9 Å². The zero-order valence-corrected chi connectivity index (χ0v) is 25.9. The molecule has 2 amide bonds. The molecule has 2 atom stereocenters. The molecule has 48 heavy (non-hydrogen) atoms. The van der Waals surface area contributed by atoms with Gasteiger partial charge in [-0.3, -0.25) is 19.3 Å². The van der Waals surface area contributed by atoms with Gasteiger partial charge in [-0.25, -0.2) is 14.5 Å². The SMILES string of the molecule is COC(=O)CN1C(=O)C(n2cc(C[C@@H](NC(=O)Cc3coc4cc(O)ccc34)C(=O)OC)nn2)N=C(c2ccccc2)c2ccccc21. The van der Waals surface area contributed by atoms with Gasteiger partial charge in [-0.2, -0.15) is 0 Å². The first-order chi connectivity index (χ1) is 23.2. The Kier molecular flexibility index (Phi) is 8.96. The Balaban J connectivity index is 1.29. The Morgan fingerprint density at radius 2 is 1.79 bits per heavy atom. The van der Waals surface area contributed by atoms with Crippen molar-refractivity contribution in [3.8, 4) is 5.75 Å². The van der Waals surface area contributed by atoms with Gasteiger partial charge in [-0.05, 0) is 18.2 Å². The molecular formula is C34H30N6O8. The number of hydrogen-bond donors (Lipinski definition) is 2. The largest absolute Gasteiger partial charge is 0.508 e. The van der Waals surface area contributed by atoms with E-state index in [1.165, 1.54) is 48.4 Å². The van der Waals surface area contributed by atoms with Crippen molar-refractivity contribution in [1.29, 1.82) is 0 Å². The van der Waals surface area contributed by atoms with Crippen molar-refractivity contribution in [2.24, 2.45) is 4.99 Å². The number of aromatic hydroxyl groups is 1. The van der Waals surface area contributed by atoms with E-state index in [-0.39, 0.29) is 30.8 Å². The van der Waals surface area contributed by atoms with Crippen LogP contribution in [0.15, 0.2) is 94.7 Å². The number of phenolic OH excluding ortho intramolecular Hbond substituents is 1. The first kappa shape index (κ1) is 31.7. The summed E-state index contributed by atoms with van der Waals surface area (Å²) in [4.78, 5) is 58.5. The van der Waals surface area contributed by atoms with Crippen LogP contribution in [0.2, 0.25) is 0 Å². The van der Waals surface area contributed by atoms with Crippen LogP contribution in [0.5, 0.6) is 5.75 Å². The van der Waals surface area contributed by atoms with Crippen LogP contribution in [0.1, 0.15) is 28.6 Å². The van der Waals surface area contributed by atoms with Gasteiger partial charge < -0.3 is 24.3 Å². The van der Waals surface area contributed by atoms with Crippen LogP contribution in [-0.2, 0) is 41.5 Å². The number of amides is 2. The van der Waals surface area contributed by atoms with Crippen molar-refractivity contribution in [2.75, 3.05) is 25.7 Å². The molecule has 1 aliphatic heterocycles. The molecule has 0 bridgehead atoms. The average molecular weight is 651 g/mol. The van der Waals surface area contributed by atoms with Crippen LogP contribution >= 0.6 is 0 Å². The Labute approximate surface area is 273 Å². The number of hydrogen-bond acceptors (Lipinski definition) is 11. The van der Waals surface area contributed by atoms with Crippen LogP contribution < -0.4 is 10.2 Å². The molecule has 2 aromatic heterocycles. The summed E-state index contributed by atoms with van der Waals surface area (Å²) in [6, 6.07) is 19.8. The maximum absolute atomic E-state index is 14.1. The van der Waals surface area contributed by atoms with Gasteiger partial charge >= 0.3 is 11.9 Å². The second kappa shape index (κ2) is 13.6. The number of nitrogens with one attached hydrogen (secondary N) is 1. The number of aliphatic imine (C=N–C) groups is 1. The molecule has 3 aromatic carbocycles. The van der Waals surface area contributed by atoms with Gasteiger partial charge in [0.2, 0.25) is 12.1 Å². The lowest BCUT2D eigenvalue weighted by molar-refractivity contribution is -0.145. The summed E-state index contributed by atoms with van der Waals surface area (Å²) in [7, 11) is 2.44. The lowest BCUT2D eigenvalue weighted by atomic mass is 10.0. The molecule has 3 heterocycles. The summed E-state index contributed by atoms with van der Waals surface area (Å²) < 4.78 is 16.5.